The number of fused-ring (bicyclic) bond motifs is 1. The van der Waals surface area contributed by atoms with E-state index in [2.05, 4.69) is 54.0 Å². The van der Waals surface area contributed by atoms with Gasteiger partial charge in [0.05, 0.1) is 0 Å². The van der Waals surface area contributed by atoms with Gasteiger partial charge in [-0.25, -0.2) is 0 Å². The van der Waals surface area contributed by atoms with Gasteiger partial charge in [0.15, 0.2) is 0 Å². The standard InChI is InChI=1S/C23H27ClN2O.2ClH/c1-2-25-14-5-15-26-16-22-21-7-4-3-6-19(21)10-13-23(22)27-17-18-8-11-20(24)12-9-18;;/h3-4,6-13,25-26H,2,5,14-17H2,1H3;2*1H. The molecule has 0 aliphatic rings. The zero-order valence-electron chi connectivity index (χ0n) is 16.6. The number of ether oxygens (including phenoxy) is 1. The molecule has 0 heterocycles. The van der Waals surface area contributed by atoms with E-state index < -0.39 is 0 Å². The van der Waals surface area contributed by atoms with E-state index in [0.29, 0.717) is 6.61 Å². The van der Waals surface area contributed by atoms with Crippen LogP contribution in [0.5, 0.6) is 5.75 Å². The summed E-state index contributed by atoms with van der Waals surface area (Å²) in [5.74, 6) is 0.933. The maximum Gasteiger partial charge on any atom is 0.124 e. The van der Waals surface area contributed by atoms with Crippen LogP contribution in [0.15, 0.2) is 60.7 Å². The van der Waals surface area contributed by atoms with Gasteiger partial charge in [-0.2, -0.15) is 0 Å². The first-order valence-electron chi connectivity index (χ1n) is 9.57. The van der Waals surface area contributed by atoms with Gasteiger partial charge in [-0.3, -0.25) is 0 Å². The monoisotopic (exact) mass is 454 g/mol. The summed E-state index contributed by atoms with van der Waals surface area (Å²) in [6, 6.07) is 20.5. The highest BCUT2D eigenvalue weighted by atomic mass is 35.5. The molecule has 3 aromatic rings. The van der Waals surface area contributed by atoms with Crippen LogP contribution < -0.4 is 15.4 Å². The maximum absolute atomic E-state index is 6.17. The van der Waals surface area contributed by atoms with Gasteiger partial charge in [-0.1, -0.05) is 61.0 Å². The van der Waals surface area contributed by atoms with Crippen molar-refractivity contribution < 1.29 is 4.74 Å². The molecule has 29 heavy (non-hydrogen) atoms. The normalized spacial score (nSPS) is 10.3. The summed E-state index contributed by atoms with van der Waals surface area (Å²) < 4.78 is 6.17. The fourth-order valence-electron chi connectivity index (χ4n) is 3.10. The SMILES string of the molecule is CCNCCCNCc1c(OCc2ccc(Cl)cc2)ccc2ccccc12.Cl.Cl. The van der Waals surface area contributed by atoms with Crippen molar-refractivity contribution in [3.8, 4) is 5.75 Å². The average Bonchev–Trinajstić information content (AvgIpc) is 2.70. The smallest absolute Gasteiger partial charge is 0.124 e. The van der Waals surface area contributed by atoms with Crippen molar-refractivity contribution in [3.05, 3.63) is 76.8 Å². The molecule has 0 saturated heterocycles. The fraction of sp³-hybridized carbons (Fsp3) is 0.304. The Balaban J connectivity index is 0.00000210. The Morgan fingerprint density at radius 1 is 0.862 bits per heavy atom. The fourth-order valence-corrected chi connectivity index (χ4v) is 3.23. The molecule has 0 aromatic heterocycles. The van der Waals surface area contributed by atoms with Crippen molar-refractivity contribution in [2.75, 3.05) is 19.6 Å². The minimum absolute atomic E-state index is 0. The van der Waals surface area contributed by atoms with E-state index in [1.54, 1.807) is 0 Å². The molecule has 0 atom stereocenters. The molecule has 3 nitrogen and oxygen atoms in total. The second-order valence-electron chi connectivity index (χ2n) is 6.56. The van der Waals surface area contributed by atoms with Crippen molar-refractivity contribution in [2.45, 2.75) is 26.5 Å². The maximum atomic E-state index is 6.17. The van der Waals surface area contributed by atoms with E-state index in [0.717, 1.165) is 48.9 Å². The first-order valence-corrected chi connectivity index (χ1v) is 9.95. The van der Waals surface area contributed by atoms with Gasteiger partial charge >= 0.3 is 0 Å². The summed E-state index contributed by atoms with van der Waals surface area (Å²) in [5.41, 5.74) is 2.32. The van der Waals surface area contributed by atoms with Gasteiger partial charge in [0.25, 0.3) is 0 Å². The number of nitrogens with one attached hydrogen (secondary N) is 2. The Hall–Kier alpha value is -1.49. The van der Waals surface area contributed by atoms with Crippen molar-refractivity contribution in [1.29, 1.82) is 0 Å². The topological polar surface area (TPSA) is 33.3 Å². The number of halogens is 3. The second kappa shape index (κ2) is 13.7. The van der Waals surface area contributed by atoms with Crippen LogP contribution in [0.2, 0.25) is 5.02 Å². The molecule has 0 spiro atoms. The quantitative estimate of drug-likeness (QED) is 0.368. The molecular formula is C23H29Cl3N2O. The molecule has 3 aromatic carbocycles. The van der Waals surface area contributed by atoms with Gasteiger partial charge < -0.3 is 15.4 Å². The molecule has 158 valence electrons. The van der Waals surface area contributed by atoms with E-state index in [4.69, 9.17) is 16.3 Å². The highest BCUT2D eigenvalue weighted by Crippen LogP contribution is 2.29. The largest absolute Gasteiger partial charge is 0.489 e. The molecule has 0 fully saturated rings. The van der Waals surface area contributed by atoms with E-state index in [-0.39, 0.29) is 24.8 Å². The molecule has 6 heteroatoms. The van der Waals surface area contributed by atoms with Crippen molar-refractivity contribution >= 4 is 47.2 Å². The first kappa shape index (κ1) is 25.5. The minimum atomic E-state index is 0. The molecule has 0 unspecified atom stereocenters. The zero-order chi connectivity index (χ0) is 18.9. The van der Waals surface area contributed by atoms with Crippen molar-refractivity contribution in [1.82, 2.24) is 10.6 Å². The molecule has 2 N–H and O–H groups in total. The van der Waals surface area contributed by atoms with E-state index in [1.165, 1.54) is 16.3 Å². The predicted octanol–water partition coefficient (Wildman–Crippen LogP) is 6.01. The van der Waals surface area contributed by atoms with Gasteiger partial charge in [-0.05, 0) is 60.6 Å². The summed E-state index contributed by atoms with van der Waals surface area (Å²) >= 11 is 5.97. The lowest BCUT2D eigenvalue weighted by Crippen LogP contribution is -2.21. The summed E-state index contributed by atoms with van der Waals surface area (Å²) in [5, 5.41) is 10.1. The lowest BCUT2D eigenvalue weighted by Gasteiger charge is -2.15. The van der Waals surface area contributed by atoms with Crippen LogP contribution in [-0.2, 0) is 13.2 Å². The number of rotatable bonds is 10. The summed E-state index contributed by atoms with van der Waals surface area (Å²) in [6.07, 6.45) is 1.11. The molecule has 0 radical (unpaired) electrons. The summed E-state index contributed by atoms with van der Waals surface area (Å²) in [4.78, 5) is 0. The number of hydrogen-bond donors (Lipinski definition) is 2. The zero-order valence-corrected chi connectivity index (χ0v) is 19.0. The molecule has 0 amide bonds. The third-order valence-electron chi connectivity index (χ3n) is 4.56. The van der Waals surface area contributed by atoms with Crippen LogP contribution in [-0.4, -0.2) is 19.6 Å². The van der Waals surface area contributed by atoms with Crippen LogP contribution in [0.1, 0.15) is 24.5 Å². The number of benzene rings is 3. The average molecular weight is 456 g/mol. The van der Waals surface area contributed by atoms with E-state index in [1.807, 2.05) is 24.3 Å². The third kappa shape index (κ3) is 7.69. The Morgan fingerprint density at radius 2 is 1.59 bits per heavy atom. The van der Waals surface area contributed by atoms with Crippen LogP contribution >= 0.6 is 36.4 Å². The van der Waals surface area contributed by atoms with Crippen LogP contribution in [0.4, 0.5) is 0 Å². The third-order valence-corrected chi connectivity index (χ3v) is 4.82. The lowest BCUT2D eigenvalue weighted by atomic mass is 10.0. The second-order valence-corrected chi connectivity index (χ2v) is 7.00. The Morgan fingerprint density at radius 3 is 2.34 bits per heavy atom. The highest BCUT2D eigenvalue weighted by molar-refractivity contribution is 6.30. The molecule has 0 saturated carbocycles. The van der Waals surface area contributed by atoms with Gasteiger partial charge in [-0.15, -0.1) is 24.8 Å². The highest BCUT2D eigenvalue weighted by Gasteiger charge is 2.09. The van der Waals surface area contributed by atoms with Crippen molar-refractivity contribution in [3.63, 3.8) is 0 Å². The van der Waals surface area contributed by atoms with Crippen LogP contribution in [0, 0.1) is 0 Å². The number of hydrogen-bond acceptors (Lipinski definition) is 3. The molecule has 3 rings (SSSR count). The lowest BCUT2D eigenvalue weighted by molar-refractivity contribution is 0.302. The molecular weight excluding hydrogens is 427 g/mol. The Bertz CT molecular complexity index is 856. The predicted molar refractivity (Wildman–Crippen MR) is 129 cm³/mol. The van der Waals surface area contributed by atoms with Crippen LogP contribution in [0.3, 0.4) is 0 Å². The Labute approximate surface area is 191 Å². The first-order chi connectivity index (χ1) is 13.3. The minimum Gasteiger partial charge on any atom is -0.489 e. The van der Waals surface area contributed by atoms with Gasteiger partial charge in [0, 0.05) is 17.1 Å². The van der Waals surface area contributed by atoms with Gasteiger partial charge in [0.1, 0.15) is 12.4 Å². The molecule has 0 aliphatic carbocycles. The van der Waals surface area contributed by atoms with Crippen molar-refractivity contribution in [2.24, 2.45) is 0 Å². The summed E-state index contributed by atoms with van der Waals surface area (Å²) in [6.45, 7) is 6.50. The van der Waals surface area contributed by atoms with E-state index >= 15 is 0 Å². The van der Waals surface area contributed by atoms with Gasteiger partial charge in [0.2, 0.25) is 0 Å². The summed E-state index contributed by atoms with van der Waals surface area (Å²) in [7, 11) is 0. The molecule has 0 aliphatic heterocycles. The van der Waals surface area contributed by atoms with E-state index in [9.17, 15) is 0 Å². The Kier molecular flexibility index (Phi) is 12.1. The molecule has 0 bridgehead atoms. The van der Waals surface area contributed by atoms with Crippen LogP contribution in [0.25, 0.3) is 10.8 Å².